The lowest BCUT2D eigenvalue weighted by atomic mass is 10.5. The molecule has 0 radical (unpaired) electrons. The van der Waals surface area contributed by atoms with Crippen LogP contribution in [0.4, 0.5) is 0 Å². The van der Waals surface area contributed by atoms with Gasteiger partial charge in [0.15, 0.2) is 0 Å². The highest BCUT2D eigenvalue weighted by atomic mass is 32.2. The molecule has 0 aromatic carbocycles. The minimum Gasteiger partial charge on any atom is -0.358 e. The minimum atomic E-state index is -0.930. The van der Waals surface area contributed by atoms with Crippen LogP contribution in [0.5, 0.6) is 0 Å². The van der Waals surface area contributed by atoms with Crippen molar-refractivity contribution in [3.05, 3.63) is 0 Å². The molecule has 1 N–H and O–H groups in total. The number of rotatable bonds is 4. The zero-order chi connectivity index (χ0) is 8.27. The molecule has 0 aromatic rings. The molecule has 1 aliphatic rings. The molecule has 1 atom stereocenters. The van der Waals surface area contributed by atoms with Crippen LogP contribution in [0.15, 0.2) is 0 Å². The molecule has 0 heterocycles. The number of amides is 1. The van der Waals surface area contributed by atoms with Crippen molar-refractivity contribution in [2.24, 2.45) is 5.92 Å². The second kappa shape index (κ2) is 3.85. The van der Waals surface area contributed by atoms with E-state index in [1.807, 2.05) is 0 Å². The summed E-state index contributed by atoms with van der Waals surface area (Å²) in [7, 11) is 0.636. The molecular weight excluding hydrogens is 162 g/mol. The van der Waals surface area contributed by atoms with E-state index in [0.717, 1.165) is 0 Å². The molecular formula is C7H13NO2S. The Balaban J connectivity index is 2.13. The third-order valence-corrected chi connectivity index (χ3v) is 3.12. The van der Waals surface area contributed by atoms with Crippen molar-refractivity contribution in [3.63, 3.8) is 0 Å². The Labute approximate surface area is 69.0 Å². The molecule has 0 spiro atoms. The van der Waals surface area contributed by atoms with Gasteiger partial charge in [0.05, 0.1) is 0 Å². The molecule has 11 heavy (non-hydrogen) atoms. The molecule has 0 aliphatic heterocycles. The fraction of sp³-hybridized carbons (Fsp3) is 0.857. The Bertz CT molecular complexity index is 177. The Hall–Kier alpha value is -0.380. The summed E-state index contributed by atoms with van der Waals surface area (Å²) in [6.45, 7) is 0. The van der Waals surface area contributed by atoms with Gasteiger partial charge in [-0.2, -0.15) is 0 Å². The third kappa shape index (κ3) is 3.51. The van der Waals surface area contributed by atoms with Gasteiger partial charge in [0.25, 0.3) is 0 Å². The van der Waals surface area contributed by atoms with Crippen LogP contribution < -0.4 is 5.32 Å². The van der Waals surface area contributed by atoms with E-state index in [9.17, 15) is 9.00 Å². The Kier molecular flexibility index (Phi) is 3.05. The van der Waals surface area contributed by atoms with Gasteiger partial charge >= 0.3 is 0 Å². The van der Waals surface area contributed by atoms with E-state index < -0.39 is 10.8 Å². The molecule has 1 saturated carbocycles. The van der Waals surface area contributed by atoms with Crippen LogP contribution >= 0.6 is 0 Å². The Morgan fingerprint density at radius 2 is 2.27 bits per heavy atom. The molecule has 1 rings (SSSR count). The van der Waals surface area contributed by atoms with E-state index in [1.54, 1.807) is 7.05 Å². The highest BCUT2D eigenvalue weighted by Gasteiger charge is 2.24. The van der Waals surface area contributed by atoms with Gasteiger partial charge in [-0.05, 0) is 18.8 Å². The summed E-state index contributed by atoms with van der Waals surface area (Å²) in [6, 6.07) is 0. The molecule has 0 aromatic heterocycles. The van der Waals surface area contributed by atoms with Gasteiger partial charge in [-0.1, -0.05) is 0 Å². The van der Waals surface area contributed by atoms with E-state index in [2.05, 4.69) is 5.32 Å². The molecule has 0 bridgehead atoms. The van der Waals surface area contributed by atoms with Crippen molar-refractivity contribution in [1.29, 1.82) is 0 Å². The summed E-state index contributed by atoms with van der Waals surface area (Å²) in [5.74, 6) is 1.41. The first-order valence-electron chi connectivity index (χ1n) is 3.78. The SMILES string of the molecule is CNC(=O)CS(=O)CC1CC1. The fourth-order valence-electron chi connectivity index (χ4n) is 0.825. The number of hydrogen-bond donors (Lipinski definition) is 1. The molecule has 1 unspecified atom stereocenters. The molecule has 1 aliphatic carbocycles. The standard InChI is InChI=1S/C7H13NO2S/c1-8-7(9)5-11(10)4-6-2-3-6/h6H,2-5H2,1H3,(H,8,9). The van der Waals surface area contributed by atoms with Crippen molar-refractivity contribution in [2.45, 2.75) is 12.8 Å². The minimum absolute atomic E-state index is 0.121. The monoisotopic (exact) mass is 175 g/mol. The van der Waals surface area contributed by atoms with Crippen molar-refractivity contribution >= 4 is 16.7 Å². The lowest BCUT2D eigenvalue weighted by molar-refractivity contribution is -0.118. The summed E-state index contributed by atoms with van der Waals surface area (Å²) >= 11 is 0. The van der Waals surface area contributed by atoms with Gasteiger partial charge in [0.2, 0.25) is 5.91 Å². The average molecular weight is 175 g/mol. The van der Waals surface area contributed by atoms with E-state index >= 15 is 0 Å². The van der Waals surface area contributed by atoms with Crippen LogP contribution in [0.2, 0.25) is 0 Å². The second-order valence-corrected chi connectivity index (χ2v) is 4.37. The molecule has 0 saturated heterocycles. The van der Waals surface area contributed by atoms with Crippen LogP contribution in [0.1, 0.15) is 12.8 Å². The summed E-state index contributed by atoms with van der Waals surface area (Å²) in [6.07, 6.45) is 2.39. The summed E-state index contributed by atoms with van der Waals surface area (Å²) in [4.78, 5) is 10.7. The van der Waals surface area contributed by atoms with Gasteiger partial charge in [-0.25, -0.2) is 0 Å². The normalized spacial score (nSPS) is 19.4. The maximum Gasteiger partial charge on any atom is 0.232 e. The smallest absolute Gasteiger partial charge is 0.232 e. The van der Waals surface area contributed by atoms with Gasteiger partial charge < -0.3 is 5.32 Å². The van der Waals surface area contributed by atoms with E-state index in [0.29, 0.717) is 11.7 Å². The molecule has 1 amide bonds. The highest BCUT2D eigenvalue weighted by Crippen LogP contribution is 2.29. The Morgan fingerprint density at radius 3 is 2.73 bits per heavy atom. The number of carbonyl (C=O) groups is 1. The van der Waals surface area contributed by atoms with Crippen molar-refractivity contribution in [3.8, 4) is 0 Å². The van der Waals surface area contributed by atoms with Crippen molar-refractivity contribution in [2.75, 3.05) is 18.6 Å². The van der Waals surface area contributed by atoms with Crippen LogP contribution in [0.3, 0.4) is 0 Å². The van der Waals surface area contributed by atoms with Crippen LogP contribution in [-0.4, -0.2) is 28.7 Å². The molecule has 64 valence electrons. The number of carbonyl (C=O) groups excluding carboxylic acids is 1. The Morgan fingerprint density at radius 1 is 1.64 bits per heavy atom. The predicted octanol–water partition coefficient (Wildman–Crippen LogP) is -0.109. The lowest BCUT2D eigenvalue weighted by Gasteiger charge is -1.98. The van der Waals surface area contributed by atoms with Gasteiger partial charge in [0, 0.05) is 23.6 Å². The summed E-state index contributed by atoms with van der Waals surface area (Å²) in [5, 5.41) is 2.46. The lowest BCUT2D eigenvalue weighted by Crippen LogP contribution is -2.25. The predicted molar refractivity (Wildman–Crippen MR) is 44.7 cm³/mol. The number of hydrogen-bond acceptors (Lipinski definition) is 2. The van der Waals surface area contributed by atoms with Gasteiger partial charge in [-0.3, -0.25) is 9.00 Å². The van der Waals surface area contributed by atoms with Crippen molar-refractivity contribution in [1.82, 2.24) is 5.32 Å². The quantitative estimate of drug-likeness (QED) is 0.648. The second-order valence-electron chi connectivity index (χ2n) is 2.87. The third-order valence-electron chi connectivity index (χ3n) is 1.69. The van der Waals surface area contributed by atoms with E-state index in [1.165, 1.54) is 12.8 Å². The van der Waals surface area contributed by atoms with E-state index in [4.69, 9.17) is 0 Å². The zero-order valence-corrected chi connectivity index (χ0v) is 7.45. The van der Waals surface area contributed by atoms with Crippen molar-refractivity contribution < 1.29 is 9.00 Å². The first kappa shape index (κ1) is 8.71. The van der Waals surface area contributed by atoms with Crippen LogP contribution in [0, 0.1) is 5.92 Å². The maximum absolute atomic E-state index is 11.1. The zero-order valence-electron chi connectivity index (χ0n) is 6.63. The fourth-order valence-corrected chi connectivity index (χ4v) is 2.24. The summed E-state index contributed by atoms with van der Waals surface area (Å²) < 4.78 is 11.1. The number of nitrogens with one attached hydrogen (secondary N) is 1. The van der Waals surface area contributed by atoms with E-state index in [-0.39, 0.29) is 11.7 Å². The maximum atomic E-state index is 11.1. The summed E-state index contributed by atoms with van der Waals surface area (Å²) in [5.41, 5.74) is 0. The van der Waals surface area contributed by atoms with Crippen LogP contribution in [0.25, 0.3) is 0 Å². The largest absolute Gasteiger partial charge is 0.358 e. The first-order chi connectivity index (χ1) is 5.22. The van der Waals surface area contributed by atoms with Crippen LogP contribution in [-0.2, 0) is 15.6 Å². The van der Waals surface area contributed by atoms with Gasteiger partial charge in [-0.15, -0.1) is 0 Å². The van der Waals surface area contributed by atoms with Gasteiger partial charge in [0.1, 0.15) is 5.75 Å². The highest BCUT2D eigenvalue weighted by molar-refractivity contribution is 7.85. The average Bonchev–Trinajstić information content (AvgIpc) is 2.71. The molecule has 1 fully saturated rings. The molecule has 4 heteroatoms. The first-order valence-corrected chi connectivity index (χ1v) is 5.26. The topological polar surface area (TPSA) is 46.2 Å². The molecule has 3 nitrogen and oxygen atoms in total.